The lowest BCUT2D eigenvalue weighted by Crippen LogP contribution is -2.36. The molecule has 5 heteroatoms. The molecular formula is C13H16F3NO. The van der Waals surface area contributed by atoms with Crippen molar-refractivity contribution in [3.63, 3.8) is 0 Å². The van der Waals surface area contributed by atoms with Crippen molar-refractivity contribution in [3.8, 4) is 0 Å². The standard InChI is InChI=1S/C13H16F3NO/c1-10-2-3-11(12(8-10)13(14,15)16)9-17-4-6-18-7-5-17/h2-3,8H,4-7,9H2,1H3. The molecule has 1 aromatic carbocycles. The molecule has 0 unspecified atom stereocenters. The predicted molar refractivity (Wildman–Crippen MR) is 62.3 cm³/mol. The molecule has 0 aromatic heterocycles. The number of rotatable bonds is 2. The predicted octanol–water partition coefficient (Wildman–Crippen LogP) is 2.85. The highest BCUT2D eigenvalue weighted by Gasteiger charge is 2.33. The molecule has 1 aliphatic rings. The smallest absolute Gasteiger partial charge is 0.379 e. The number of alkyl halides is 3. The third kappa shape index (κ3) is 3.23. The largest absolute Gasteiger partial charge is 0.416 e. The van der Waals surface area contributed by atoms with Gasteiger partial charge in [0.15, 0.2) is 0 Å². The lowest BCUT2D eigenvalue weighted by molar-refractivity contribution is -0.138. The molecule has 18 heavy (non-hydrogen) atoms. The molecule has 2 nitrogen and oxygen atoms in total. The van der Waals surface area contributed by atoms with E-state index in [0.29, 0.717) is 44.0 Å². The fourth-order valence-corrected chi connectivity index (χ4v) is 2.09. The summed E-state index contributed by atoms with van der Waals surface area (Å²) in [7, 11) is 0. The molecule has 0 spiro atoms. The molecule has 0 atom stereocenters. The van der Waals surface area contributed by atoms with Crippen LogP contribution in [0.5, 0.6) is 0 Å². The van der Waals surface area contributed by atoms with Crippen LogP contribution < -0.4 is 0 Å². The first kappa shape index (κ1) is 13.4. The first-order valence-corrected chi connectivity index (χ1v) is 5.93. The van der Waals surface area contributed by atoms with Crippen molar-refractivity contribution in [1.29, 1.82) is 0 Å². The molecule has 0 saturated carbocycles. The van der Waals surface area contributed by atoms with Gasteiger partial charge in [-0.2, -0.15) is 13.2 Å². The van der Waals surface area contributed by atoms with Gasteiger partial charge in [0.25, 0.3) is 0 Å². The average molecular weight is 259 g/mol. The van der Waals surface area contributed by atoms with Crippen molar-refractivity contribution in [1.82, 2.24) is 4.90 Å². The summed E-state index contributed by atoms with van der Waals surface area (Å²) in [5.74, 6) is 0. The molecule has 1 aliphatic heterocycles. The van der Waals surface area contributed by atoms with Crippen LogP contribution in [-0.4, -0.2) is 31.2 Å². The van der Waals surface area contributed by atoms with E-state index >= 15 is 0 Å². The van der Waals surface area contributed by atoms with E-state index in [2.05, 4.69) is 0 Å². The van der Waals surface area contributed by atoms with Crippen LogP contribution in [-0.2, 0) is 17.5 Å². The minimum Gasteiger partial charge on any atom is -0.379 e. The molecule has 2 rings (SSSR count). The van der Waals surface area contributed by atoms with Crippen molar-refractivity contribution in [2.45, 2.75) is 19.6 Å². The maximum Gasteiger partial charge on any atom is 0.416 e. The van der Waals surface area contributed by atoms with Crippen LogP contribution in [0.15, 0.2) is 18.2 Å². The highest BCUT2D eigenvalue weighted by atomic mass is 19.4. The van der Waals surface area contributed by atoms with E-state index in [1.807, 2.05) is 4.90 Å². The van der Waals surface area contributed by atoms with Crippen molar-refractivity contribution >= 4 is 0 Å². The SMILES string of the molecule is Cc1ccc(CN2CCOCC2)c(C(F)(F)F)c1. The van der Waals surface area contributed by atoms with Gasteiger partial charge in [-0.05, 0) is 18.6 Å². The first-order valence-electron chi connectivity index (χ1n) is 5.93. The number of nitrogens with zero attached hydrogens (tertiary/aromatic N) is 1. The number of aryl methyl sites for hydroxylation is 1. The van der Waals surface area contributed by atoms with Gasteiger partial charge < -0.3 is 4.74 Å². The number of hydrogen-bond acceptors (Lipinski definition) is 2. The minimum atomic E-state index is -4.28. The van der Waals surface area contributed by atoms with E-state index in [1.165, 1.54) is 6.07 Å². The number of hydrogen-bond donors (Lipinski definition) is 0. The lowest BCUT2D eigenvalue weighted by atomic mass is 10.0. The number of morpholine rings is 1. The van der Waals surface area contributed by atoms with Crippen molar-refractivity contribution in [2.24, 2.45) is 0 Å². The van der Waals surface area contributed by atoms with Crippen molar-refractivity contribution < 1.29 is 17.9 Å². The zero-order valence-electron chi connectivity index (χ0n) is 10.3. The molecule has 1 fully saturated rings. The second kappa shape index (κ2) is 5.28. The van der Waals surface area contributed by atoms with Gasteiger partial charge in [0.1, 0.15) is 0 Å². The molecule has 100 valence electrons. The van der Waals surface area contributed by atoms with E-state index in [0.717, 1.165) is 0 Å². The van der Waals surface area contributed by atoms with Gasteiger partial charge in [0.2, 0.25) is 0 Å². The van der Waals surface area contributed by atoms with Crippen molar-refractivity contribution in [3.05, 3.63) is 34.9 Å². The van der Waals surface area contributed by atoms with Gasteiger partial charge in [-0.25, -0.2) is 0 Å². The summed E-state index contributed by atoms with van der Waals surface area (Å²) < 4.78 is 44.0. The number of halogens is 3. The Bertz CT molecular complexity index is 411. The summed E-state index contributed by atoms with van der Waals surface area (Å²) in [6.07, 6.45) is -4.28. The second-order valence-corrected chi connectivity index (χ2v) is 4.55. The number of ether oxygens (including phenoxy) is 1. The van der Waals surface area contributed by atoms with Gasteiger partial charge in [-0.3, -0.25) is 4.90 Å². The van der Waals surface area contributed by atoms with E-state index in [1.54, 1.807) is 19.1 Å². The summed E-state index contributed by atoms with van der Waals surface area (Å²) >= 11 is 0. The highest BCUT2D eigenvalue weighted by Crippen LogP contribution is 2.33. The molecule has 0 amide bonds. The van der Waals surface area contributed by atoms with Gasteiger partial charge in [0.05, 0.1) is 18.8 Å². The van der Waals surface area contributed by atoms with Crippen molar-refractivity contribution in [2.75, 3.05) is 26.3 Å². The minimum absolute atomic E-state index is 0.332. The van der Waals surface area contributed by atoms with Crippen LogP contribution in [0.1, 0.15) is 16.7 Å². The topological polar surface area (TPSA) is 12.5 Å². The Balaban J connectivity index is 2.21. The second-order valence-electron chi connectivity index (χ2n) is 4.55. The van der Waals surface area contributed by atoms with E-state index in [4.69, 9.17) is 4.74 Å². The third-order valence-electron chi connectivity index (χ3n) is 3.07. The molecule has 1 heterocycles. The van der Waals surface area contributed by atoms with Crippen LogP contribution in [0, 0.1) is 6.92 Å². The maximum atomic E-state index is 12.9. The van der Waals surface area contributed by atoms with Crippen LogP contribution in [0.25, 0.3) is 0 Å². The van der Waals surface area contributed by atoms with Gasteiger partial charge in [0, 0.05) is 19.6 Å². The summed E-state index contributed by atoms with van der Waals surface area (Å²) in [4.78, 5) is 1.99. The van der Waals surface area contributed by atoms with Crippen LogP contribution in [0.3, 0.4) is 0 Å². The molecule has 1 saturated heterocycles. The molecule has 1 aromatic rings. The summed E-state index contributed by atoms with van der Waals surface area (Å²) in [5.41, 5.74) is 0.456. The van der Waals surface area contributed by atoms with E-state index < -0.39 is 11.7 Å². The number of benzene rings is 1. The molecule has 0 radical (unpaired) electrons. The van der Waals surface area contributed by atoms with Gasteiger partial charge in [-0.1, -0.05) is 17.7 Å². The van der Waals surface area contributed by atoms with E-state index in [-0.39, 0.29) is 0 Å². The quantitative estimate of drug-likeness (QED) is 0.809. The summed E-state index contributed by atoms with van der Waals surface area (Å²) in [6, 6.07) is 4.52. The zero-order valence-corrected chi connectivity index (χ0v) is 10.3. The monoisotopic (exact) mass is 259 g/mol. The molecule has 0 N–H and O–H groups in total. The van der Waals surface area contributed by atoms with Gasteiger partial charge >= 0.3 is 6.18 Å². The van der Waals surface area contributed by atoms with Gasteiger partial charge in [-0.15, -0.1) is 0 Å². The van der Waals surface area contributed by atoms with Crippen LogP contribution in [0.4, 0.5) is 13.2 Å². The Morgan fingerprint density at radius 1 is 1.22 bits per heavy atom. The Labute approximate surface area is 104 Å². The lowest BCUT2D eigenvalue weighted by Gasteiger charge is -2.27. The summed E-state index contributed by atoms with van der Waals surface area (Å²) in [5, 5.41) is 0. The zero-order chi connectivity index (χ0) is 13.2. The Hall–Kier alpha value is -1.07. The first-order chi connectivity index (χ1) is 8.47. The van der Waals surface area contributed by atoms with E-state index in [9.17, 15) is 13.2 Å². The summed E-state index contributed by atoms with van der Waals surface area (Å²) in [6.45, 7) is 4.56. The van der Waals surface area contributed by atoms with Crippen LogP contribution in [0.2, 0.25) is 0 Å². The Morgan fingerprint density at radius 3 is 2.50 bits per heavy atom. The Kier molecular flexibility index (Phi) is 3.92. The normalized spacial score (nSPS) is 18.0. The highest BCUT2D eigenvalue weighted by molar-refractivity contribution is 5.33. The molecule has 0 bridgehead atoms. The van der Waals surface area contributed by atoms with Crippen LogP contribution >= 0.6 is 0 Å². The molecular weight excluding hydrogens is 243 g/mol. The average Bonchev–Trinajstić information content (AvgIpc) is 2.31. The maximum absolute atomic E-state index is 12.9. The Morgan fingerprint density at radius 2 is 1.89 bits per heavy atom. The third-order valence-corrected chi connectivity index (χ3v) is 3.07. The fraction of sp³-hybridized carbons (Fsp3) is 0.538. The molecule has 0 aliphatic carbocycles. The fourth-order valence-electron chi connectivity index (χ4n) is 2.09.